The summed E-state index contributed by atoms with van der Waals surface area (Å²) < 4.78 is 18.0. The molecule has 0 spiro atoms. The minimum Gasteiger partial charge on any atom is -0.461 e. The van der Waals surface area contributed by atoms with Crippen molar-refractivity contribution in [3.63, 3.8) is 0 Å². The van der Waals surface area contributed by atoms with Crippen molar-refractivity contribution < 1.29 is 13.9 Å². The van der Waals surface area contributed by atoms with Crippen molar-refractivity contribution in [2.75, 3.05) is 6.61 Å². The number of esters is 1. The predicted molar refractivity (Wildman–Crippen MR) is 68.2 cm³/mol. The van der Waals surface area contributed by atoms with Gasteiger partial charge in [0.25, 0.3) is 0 Å². The van der Waals surface area contributed by atoms with E-state index in [9.17, 15) is 14.0 Å². The lowest BCUT2D eigenvalue weighted by Crippen LogP contribution is -2.20. The third kappa shape index (κ3) is 2.79. The van der Waals surface area contributed by atoms with E-state index >= 15 is 0 Å². The summed E-state index contributed by atoms with van der Waals surface area (Å²) in [5, 5.41) is 9.46. The molecule has 0 fully saturated rings. The molecule has 0 atom stereocenters. The van der Waals surface area contributed by atoms with Gasteiger partial charge >= 0.3 is 11.5 Å². The molecule has 0 amide bonds. The molecule has 0 aliphatic rings. The fourth-order valence-electron chi connectivity index (χ4n) is 1.40. The number of hydrogen-bond acceptors (Lipinski definition) is 5. The van der Waals surface area contributed by atoms with Crippen LogP contribution in [0.25, 0.3) is 0 Å². The lowest BCUT2D eigenvalue weighted by molar-refractivity contribution is 0.0517. The summed E-state index contributed by atoms with van der Waals surface area (Å²) in [6.07, 6.45) is 1.14. The maximum Gasteiger partial charge on any atom is 0.364 e. The van der Waals surface area contributed by atoms with E-state index < -0.39 is 23.0 Å². The molecule has 1 heterocycles. The highest BCUT2D eigenvalue weighted by atomic mass is 19.1. The predicted octanol–water partition coefficient (Wildman–Crippen LogP) is 0.769. The molecule has 0 bridgehead atoms. The van der Waals surface area contributed by atoms with Gasteiger partial charge in [-0.1, -0.05) is 18.2 Å². The molecule has 7 nitrogen and oxygen atoms in total. The van der Waals surface area contributed by atoms with Crippen molar-refractivity contribution in [3.05, 3.63) is 51.7 Å². The van der Waals surface area contributed by atoms with Crippen molar-refractivity contribution in [2.45, 2.75) is 6.92 Å². The minimum absolute atomic E-state index is 0.129. The Morgan fingerprint density at radius 2 is 2.30 bits per heavy atom. The van der Waals surface area contributed by atoms with Crippen LogP contribution in [0.15, 0.2) is 34.2 Å². The molecule has 0 saturated carbocycles. The topological polar surface area (TPSA) is 89.3 Å². The summed E-state index contributed by atoms with van der Waals surface area (Å²) >= 11 is 0. The molecule has 0 unspecified atom stereocenters. The normalized spacial score (nSPS) is 10.9. The van der Waals surface area contributed by atoms with Gasteiger partial charge in [0.05, 0.1) is 12.8 Å². The molecule has 0 aliphatic carbocycles. The molecule has 0 saturated heterocycles. The van der Waals surface area contributed by atoms with E-state index in [0.717, 1.165) is 11.0 Å². The van der Waals surface area contributed by atoms with Crippen LogP contribution in [0.4, 0.5) is 4.39 Å². The molecule has 0 radical (unpaired) electrons. The van der Waals surface area contributed by atoms with Crippen LogP contribution >= 0.6 is 0 Å². The van der Waals surface area contributed by atoms with Gasteiger partial charge in [-0.25, -0.2) is 9.18 Å². The highest BCUT2D eigenvalue weighted by Gasteiger charge is 2.17. The van der Waals surface area contributed by atoms with Gasteiger partial charge in [-0.2, -0.15) is 10.3 Å². The Balaban J connectivity index is 2.26. The number of carbonyl (C=O) groups is 1. The van der Waals surface area contributed by atoms with Gasteiger partial charge in [-0.05, 0) is 13.0 Å². The van der Waals surface area contributed by atoms with Crippen LogP contribution in [-0.4, -0.2) is 33.9 Å². The number of nitrogens with zero attached hydrogens (tertiary/aromatic N) is 3. The maximum atomic E-state index is 13.3. The number of ether oxygens (including phenoxy) is 1. The lowest BCUT2D eigenvalue weighted by atomic mass is 10.2. The monoisotopic (exact) mass is 278 g/mol. The van der Waals surface area contributed by atoms with Crippen LogP contribution in [0, 0.1) is 5.82 Å². The Kier molecular flexibility index (Phi) is 4.04. The van der Waals surface area contributed by atoms with E-state index in [0.29, 0.717) is 0 Å². The van der Waals surface area contributed by atoms with E-state index in [1.807, 2.05) is 0 Å². The summed E-state index contributed by atoms with van der Waals surface area (Å²) in [6.45, 7) is 1.74. The van der Waals surface area contributed by atoms with Gasteiger partial charge in [0, 0.05) is 5.56 Å². The molecule has 0 aliphatic heterocycles. The van der Waals surface area contributed by atoms with Crippen LogP contribution in [0.2, 0.25) is 0 Å². The molecular formula is C12H11FN4O3. The Morgan fingerprint density at radius 1 is 1.55 bits per heavy atom. The highest BCUT2D eigenvalue weighted by Crippen LogP contribution is 2.02. The number of benzene rings is 1. The number of halogens is 1. The summed E-state index contributed by atoms with van der Waals surface area (Å²) in [5.74, 6) is -1.32. The Labute approximate surface area is 112 Å². The number of H-pyrrole nitrogens is 1. The van der Waals surface area contributed by atoms with Crippen LogP contribution in [0.5, 0.6) is 0 Å². The first kappa shape index (κ1) is 13.7. The van der Waals surface area contributed by atoms with E-state index in [4.69, 9.17) is 0 Å². The molecule has 8 heteroatoms. The molecular weight excluding hydrogens is 267 g/mol. The first-order chi connectivity index (χ1) is 9.63. The van der Waals surface area contributed by atoms with Crippen molar-refractivity contribution in [1.29, 1.82) is 0 Å². The second kappa shape index (κ2) is 5.91. The Bertz CT molecular complexity index is 705. The number of nitrogens with one attached hydrogen (secondary N) is 1. The Hall–Kier alpha value is -2.77. The third-order valence-corrected chi connectivity index (χ3v) is 2.34. The summed E-state index contributed by atoms with van der Waals surface area (Å²) in [7, 11) is 0. The maximum absolute atomic E-state index is 13.3. The second-order valence-corrected chi connectivity index (χ2v) is 3.66. The average Bonchev–Trinajstić information content (AvgIpc) is 2.79. The fraction of sp³-hybridized carbons (Fsp3) is 0.167. The van der Waals surface area contributed by atoms with Crippen LogP contribution in [-0.2, 0) is 4.74 Å². The summed E-state index contributed by atoms with van der Waals surface area (Å²) in [4.78, 5) is 23.9. The van der Waals surface area contributed by atoms with Crippen molar-refractivity contribution in [2.24, 2.45) is 5.10 Å². The molecule has 1 N–H and O–H groups in total. The zero-order chi connectivity index (χ0) is 14.5. The van der Waals surface area contributed by atoms with Crippen molar-refractivity contribution in [1.82, 2.24) is 15.1 Å². The molecule has 20 heavy (non-hydrogen) atoms. The van der Waals surface area contributed by atoms with Gasteiger partial charge in [0.2, 0.25) is 5.69 Å². The van der Waals surface area contributed by atoms with E-state index in [-0.39, 0.29) is 12.2 Å². The number of hydrogen-bond donors (Lipinski definition) is 1. The van der Waals surface area contributed by atoms with Crippen molar-refractivity contribution >= 4 is 12.2 Å². The SMILES string of the molecule is CCOC(=O)c1n[nH]n(/N=C/c2ccccc2F)c1=O. The molecule has 1 aromatic carbocycles. The van der Waals surface area contributed by atoms with E-state index in [1.165, 1.54) is 18.2 Å². The molecule has 2 rings (SSSR count). The van der Waals surface area contributed by atoms with E-state index in [2.05, 4.69) is 20.2 Å². The van der Waals surface area contributed by atoms with Crippen molar-refractivity contribution in [3.8, 4) is 0 Å². The first-order valence-corrected chi connectivity index (χ1v) is 5.77. The number of aromatic nitrogens is 3. The van der Waals surface area contributed by atoms with E-state index in [1.54, 1.807) is 13.0 Å². The van der Waals surface area contributed by atoms with Gasteiger partial charge in [-0.15, -0.1) is 9.89 Å². The second-order valence-electron chi connectivity index (χ2n) is 3.66. The van der Waals surface area contributed by atoms with Gasteiger partial charge in [0.1, 0.15) is 5.82 Å². The number of rotatable bonds is 4. The smallest absolute Gasteiger partial charge is 0.364 e. The Morgan fingerprint density at radius 3 is 3.00 bits per heavy atom. The lowest BCUT2D eigenvalue weighted by Gasteiger charge is -1.95. The first-order valence-electron chi connectivity index (χ1n) is 5.77. The minimum atomic E-state index is -0.839. The number of carbonyl (C=O) groups excluding carboxylic acids is 1. The summed E-state index contributed by atoms with van der Waals surface area (Å²) in [5.41, 5.74) is -0.972. The van der Waals surface area contributed by atoms with Crippen LogP contribution in [0.1, 0.15) is 23.0 Å². The fourth-order valence-corrected chi connectivity index (χ4v) is 1.40. The average molecular weight is 278 g/mol. The quantitative estimate of drug-likeness (QED) is 0.660. The summed E-state index contributed by atoms with van der Waals surface area (Å²) in [6, 6.07) is 5.92. The largest absolute Gasteiger partial charge is 0.461 e. The molecule has 1 aromatic heterocycles. The number of aromatic amines is 1. The molecule has 104 valence electrons. The zero-order valence-electron chi connectivity index (χ0n) is 10.5. The molecule has 2 aromatic rings. The zero-order valence-corrected chi connectivity index (χ0v) is 10.5. The van der Waals surface area contributed by atoms with Crippen LogP contribution < -0.4 is 5.56 Å². The van der Waals surface area contributed by atoms with Gasteiger partial charge in [-0.3, -0.25) is 4.79 Å². The van der Waals surface area contributed by atoms with Crippen LogP contribution in [0.3, 0.4) is 0 Å². The third-order valence-electron chi connectivity index (χ3n) is 2.34. The standard InChI is InChI=1S/C12H11FN4O3/c1-2-20-12(19)10-11(18)17(16-15-10)14-7-8-5-3-4-6-9(8)13/h3-7,16H,2H2,1H3/b14-7+. The highest BCUT2D eigenvalue weighted by molar-refractivity contribution is 5.86. The van der Waals surface area contributed by atoms with Gasteiger partial charge < -0.3 is 4.74 Å². The van der Waals surface area contributed by atoms with Gasteiger partial charge in [0.15, 0.2) is 0 Å².